The van der Waals surface area contributed by atoms with Crippen molar-refractivity contribution in [3.8, 4) is 158 Å². The van der Waals surface area contributed by atoms with Gasteiger partial charge in [-0.3, -0.25) is 0 Å². The van der Waals surface area contributed by atoms with E-state index in [9.17, 15) is 0 Å². The highest BCUT2D eigenvalue weighted by molar-refractivity contribution is 7.85. The molecule has 1 aliphatic rings. The van der Waals surface area contributed by atoms with Gasteiger partial charge in [-0.1, -0.05) is 463 Å². The van der Waals surface area contributed by atoms with E-state index in [4.69, 9.17) is 39.9 Å². The molecule has 10 heteroatoms. The van der Waals surface area contributed by atoms with Crippen molar-refractivity contribution in [2.45, 2.75) is 19.3 Å². The lowest BCUT2D eigenvalue weighted by Crippen LogP contribution is -2.24. The van der Waals surface area contributed by atoms with Crippen LogP contribution >= 0.6 is 7.14 Å². The number of rotatable bonds is 16. The summed E-state index contributed by atoms with van der Waals surface area (Å²) in [6.45, 7) is 4.65. The summed E-state index contributed by atoms with van der Waals surface area (Å²) in [6, 6.07) is 157. The lowest BCUT2D eigenvalue weighted by molar-refractivity contribution is 0.592. The van der Waals surface area contributed by atoms with Crippen molar-refractivity contribution in [2.75, 3.05) is 0 Å². The van der Waals surface area contributed by atoms with Crippen LogP contribution in [0.3, 0.4) is 0 Å². The molecule has 0 atom stereocenters. The molecule has 23 rings (SSSR count). The maximum Gasteiger partial charge on any atom is 0.171 e. The molecule has 129 heavy (non-hydrogen) atoms. The van der Waals surface area contributed by atoms with Crippen molar-refractivity contribution in [3.05, 3.63) is 466 Å². The molecule has 608 valence electrons. The Hall–Kier alpha value is -16.5. The minimum Gasteiger partial charge on any atom is -0.309 e. The van der Waals surface area contributed by atoms with Crippen LogP contribution in [0.2, 0.25) is 0 Å². The number of nitrogens with zero attached hydrogens (tertiary/aromatic N) is 8. The predicted octanol–water partition coefficient (Wildman–Crippen LogP) is 28.8. The van der Waals surface area contributed by atoms with Crippen LogP contribution in [-0.2, 0) is 9.98 Å². The topological polar surface area (TPSA) is 120 Å². The lowest BCUT2D eigenvalue weighted by Gasteiger charge is -2.22. The molecule has 0 saturated heterocycles. The Kier molecular flexibility index (Phi) is 20.4. The van der Waals surface area contributed by atoms with E-state index in [1.807, 2.05) is 152 Å². The fourth-order valence-corrected chi connectivity index (χ4v) is 21.2. The summed E-state index contributed by atoms with van der Waals surface area (Å²) in [5, 5.41) is 9.14. The predicted molar refractivity (Wildman–Crippen MR) is 533 cm³/mol. The zero-order chi connectivity index (χ0) is 86.4. The molecule has 0 aliphatic heterocycles. The second-order valence-corrected chi connectivity index (χ2v) is 35.8. The van der Waals surface area contributed by atoms with Crippen LogP contribution in [0.5, 0.6) is 0 Å². The lowest BCUT2D eigenvalue weighted by atomic mass is 9.81. The van der Waals surface area contributed by atoms with Gasteiger partial charge < -0.3 is 4.57 Å². The van der Waals surface area contributed by atoms with Gasteiger partial charge in [0.05, 0.1) is 22.4 Å². The van der Waals surface area contributed by atoms with Crippen molar-refractivity contribution in [3.63, 3.8) is 0 Å². The Morgan fingerprint density at radius 2 is 0.442 bits per heavy atom. The van der Waals surface area contributed by atoms with Crippen LogP contribution < -0.4 is 15.9 Å². The van der Waals surface area contributed by atoms with Gasteiger partial charge in [-0.25, -0.2) is 39.9 Å². The summed E-state index contributed by atoms with van der Waals surface area (Å²) in [5.41, 5.74) is 27.9. The van der Waals surface area contributed by atoms with Gasteiger partial charge in [0.2, 0.25) is 0 Å². The number of pyridine rings is 2. The standard InChI is InChI=1S/C61H42N4.C58H39N4OP/c1-61(2)53-27-13-12-22-49(53)50-37-36-46(38-54(50)61)39-28-32-44(33-29-39)59-63-58(43-20-10-5-11-21-43)64-60(65-59)45-34-30-41(31-35-45)48-24-15-26-52-55-47(40-16-6-3-7-17-40)23-14-25-51(55)56(62-57(48)52)42-18-8-4-9-19-42;63-64(46-24-12-4-13-25-46,47-26-14-5-15-27-47)48-38-36-45(37-39-48)58-61-56(43-22-10-3-11-23-43)60-57(62-58)44-34-32-41(33-35-44)50-29-17-31-52-53-49(40-18-6-1-7-19-40)28-16-30-51(53)54(59-55(50)52)42-20-8-2-9-21-42/h3-38H,1-2H3;1-39H. The van der Waals surface area contributed by atoms with Gasteiger partial charge in [-0.05, 0) is 72.8 Å². The third-order valence-corrected chi connectivity index (χ3v) is 28.1. The van der Waals surface area contributed by atoms with Gasteiger partial charge in [0.25, 0.3) is 0 Å². The largest absolute Gasteiger partial charge is 0.309 e. The van der Waals surface area contributed by atoms with E-state index in [0.29, 0.717) is 34.9 Å². The van der Waals surface area contributed by atoms with E-state index < -0.39 is 7.14 Å². The Labute approximate surface area is 748 Å². The van der Waals surface area contributed by atoms with Crippen LogP contribution in [0.4, 0.5) is 0 Å². The van der Waals surface area contributed by atoms with Crippen molar-refractivity contribution >= 4 is 66.4 Å². The molecule has 0 saturated carbocycles. The van der Waals surface area contributed by atoms with Gasteiger partial charge in [0, 0.05) is 109 Å². The molecular formula is C119H81N8OP. The van der Waals surface area contributed by atoms with Crippen LogP contribution in [0, 0.1) is 0 Å². The zero-order valence-electron chi connectivity index (χ0n) is 70.7. The molecule has 4 aromatic heterocycles. The third-order valence-electron chi connectivity index (χ3n) is 25.0. The molecule has 0 radical (unpaired) electrons. The fraction of sp³-hybridized carbons (Fsp3) is 0.0252. The summed E-state index contributed by atoms with van der Waals surface area (Å²) in [5.74, 6) is 3.53. The number of fused-ring (bicyclic) bond motifs is 9. The molecule has 0 unspecified atom stereocenters. The van der Waals surface area contributed by atoms with E-state index in [1.54, 1.807) is 0 Å². The second-order valence-electron chi connectivity index (χ2n) is 33.1. The van der Waals surface area contributed by atoms with E-state index >= 15 is 4.57 Å². The highest BCUT2D eigenvalue weighted by atomic mass is 31.2. The maximum absolute atomic E-state index is 15.1. The quantitative estimate of drug-likeness (QED) is 0.0688. The molecule has 0 fully saturated rings. The first kappa shape index (κ1) is 78.5. The number of para-hydroxylation sites is 2. The molecule has 4 heterocycles. The molecular weight excluding hydrogens is 1590 g/mol. The van der Waals surface area contributed by atoms with E-state index in [-0.39, 0.29) is 5.41 Å². The summed E-state index contributed by atoms with van der Waals surface area (Å²) in [7, 11) is -3.15. The number of aromatic nitrogens is 8. The molecule has 0 bridgehead atoms. The minimum atomic E-state index is -3.15. The van der Waals surface area contributed by atoms with Crippen molar-refractivity contribution in [1.29, 1.82) is 0 Å². The van der Waals surface area contributed by atoms with E-state index in [2.05, 4.69) is 317 Å². The minimum absolute atomic E-state index is 0.0612. The molecule has 0 N–H and O–H groups in total. The first-order chi connectivity index (χ1) is 63.6. The van der Waals surface area contributed by atoms with Gasteiger partial charge in [-0.15, -0.1) is 0 Å². The summed E-state index contributed by atoms with van der Waals surface area (Å²) in [4.78, 5) is 41.3. The highest BCUT2D eigenvalue weighted by Crippen LogP contribution is 2.51. The normalized spacial score (nSPS) is 12.0. The van der Waals surface area contributed by atoms with Gasteiger partial charge in [0.15, 0.2) is 42.1 Å². The smallest absolute Gasteiger partial charge is 0.171 e. The molecule has 1 aliphatic carbocycles. The number of hydrogen-bond donors (Lipinski definition) is 0. The van der Waals surface area contributed by atoms with Crippen LogP contribution in [0.15, 0.2) is 455 Å². The first-order valence-electron chi connectivity index (χ1n) is 43.5. The summed E-state index contributed by atoms with van der Waals surface area (Å²) >= 11 is 0. The van der Waals surface area contributed by atoms with Gasteiger partial charge in [-0.2, -0.15) is 0 Å². The molecule has 0 amide bonds. The number of benzene rings is 18. The van der Waals surface area contributed by atoms with E-state index in [0.717, 1.165) is 138 Å². The average molecular weight is 1670 g/mol. The average Bonchev–Trinajstić information content (AvgIpc) is 1.74. The molecule has 18 aromatic carbocycles. The van der Waals surface area contributed by atoms with Crippen molar-refractivity contribution in [1.82, 2.24) is 39.9 Å². The highest BCUT2D eigenvalue weighted by Gasteiger charge is 2.36. The van der Waals surface area contributed by atoms with Crippen molar-refractivity contribution < 1.29 is 4.57 Å². The maximum atomic E-state index is 15.1. The SMILES string of the molecule is CC1(C)c2ccccc2-c2ccc(-c3ccc(-c4nc(-c5ccccc5)nc(-c5ccc(-c6cccc7c6nc(-c6ccccc6)c6cccc(-c8ccccc8)c67)cc5)n4)cc3)cc21.O=P(c1ccccc1)(c1ccccc1)c1ccc(-c2nc(-c3ccccc3)nc(-c3ccc(-c4cccc5c4nc(-c4ccccc4)c4cccc(-c6ccccc6)c45)cc3)n2)cc1. The summed E-state index contributed by atoms with van der Waals surface area (Å²) in [6.07, 6.45) is 0. The van der Waals surface area contributed by atoms with Crippen LogP contribution in [-0.4, -0.2) is 39.9 Å². The zero-order valence-corrected chi connectivity index (χ0v) is 71.6. The Balaban J connectivity index is 0.000000152. The Morgan fingerprint density at radius 1 is 0.186 bits per heavy atom. The molecule has 0 spiro atoms. The van der Waals surface area contributed by atoms with Gasteiger partial charge >= 0.3 is 0 Å². The van der Waals surface area contributed by atoms with Crippen LogP contribution in [0.1, 0.15) is 25.0 Å². The van der Waals surface area contributed by atoms with Crippen LogP contribution in [0.25, 0.3) is 201 Å². The first-order valence-corrected chi connectivity index (χ1v) is 45.3. The number of hydrogen-bond acceptors (Lipinski definition) is 9. The summed E-state index contributed by atoms with van der Waals surface area (Å²) < 4.78 is 15.1. The fourth-order valence-electron chi connectivity index (χ4n) is 18.5. The second kappa shape index (κ2) is 33.6. The molecule has 22 aromatic rings. The molecule has 9 nitrogen and oxygen atoms in total. The Bertz CT molecular complexity index is 7970. The third kappa shape index (κ3) is 14.7. The van der Waals surface area contributed by atoms with Gasteiger partial charge in [0.1, 0.15) is 0 Å². The van der Waals surface area contributed by atoms with E-state index in [1.165, 1.54) is 55.3 Å². The Morgan fingerprint density at radius 3 is 0.822 bits per heavy atom. The van der Waals surface area contributed by atoms with Crippen molar-refractivity contribution in [2.24, 2.45) is 0 Å². The monoisotopic (exact) mass is 1670 g/mol.